The minimum Gasteiger partial charge on any atom is -0.497 e. The zero-order valence-electron chi connectivity index (χ0n) is 13.0. The summed E-state index contributed by atoms with van der Waals surface area (Å²) < 4.78 is 5.11. The molecule has 5 nitrogen and oxygen atoms in total. The van der Waals surface area contributed by atoms with Crippen LogP contribution in [0.25, 0.3) is 0 Å². The summed E-state index contributed by atoms with van der Waals surface area (Å²) in [4.78, 5) is 23.7. The molecule has 1 saturated carbocycles. The average molecular weight is 305 g/mol. The van der Waals surface area contributed by atoms with Crippen LogP contribution in [0.5, 0.6) is 5.75 Å². The van der Waals surface area contributed by atoms with Crippen LogP contribution >= 0.6 is 0 Å². The third-order valence-electron chi connectivity index (χ3n) is 4.39. The predicted octanol–water partition coefficient (Wildman–Crippen LogP) is 2.76. The molecule has 3 atom stereocenters. The molecule has 2 N–H and O–H groups in total. The van der Waals surface area contributed by atoms with Crippen molar-refractivity contribution in [1.82, 2.24) is 5.32 Å². The first-order valence-corrected chi connectivity index (χ1v) is 7.70. The summed E-state index contributed by atoms with van der Waals surface area (Å²) in [5, 5.41) is 12.2. The summed E-state index contributed by atoms with van der Waals surface area (Å²) in [5.41, 5.74) is 0.969. The molecule has 22 heavy (non-hydrogen) atoms. The van der Waals surface area contributed by atoms with Crippen molar-refractivity contribution >= 4 is 11.9 Å². The second-order valence-corrected chi connectivity index (χ2v) is 5.84. The summed E-state index contributed by atoms with van der Waals surface area (Å²) in [7, 11) is 1.61. The smallest absolute Gasteiger partial charge is 0.307 e. The first kappa shape index (κ1) is 16.3. The molecule has 0 aliphatic heterocycles. The number of ether oxygens (including phenoxy) is 1. The maximum atomic E-state index is 12.4. The van der Waals surface area contributed by atoms with Crippen molar-refractivity contribution in [2.45, 2.75) is 38.6 Å². The van der Waals surface area contributed by atoms with Crippen LogP contribution in [-0.2, 0) is 9.59 Å². The van der Waals surface area contributed by atoms with E-state index in [2.05, 4.69) is 5.32 Å². The first-order valence-electron chi connectivity index (χ1n) is 7.70. The molecule has 1 fully saturated rings. The highest BCUT2D eigenvalue weighted by Gasteiger charge is 2.36. The first-order chi connectivity index (χ1) is 10.5. The number of carboxylic acids is 1. The van der Waals surface area contributed by atoms with Crippen LogP contribution in [-0.4, -0.2) is 24.1 Å². The van der Waals surface area contributed by atoms with E-state index in [4.69, 9.17) is 4.74 Å². The van der Waals surface area contributed by atoms with Crippen LogP contribution in [0.2, 0.25) is 0 Å². The lowest BCUT2D eigenvalue weighted by Crippen LogP contribution is -2.40. The van der Waals surface area contributed by atoms with Gasteiger partial charge in [-0.2, -0.15) is 0 Å². The van der Waals surface area contributed by atoms with E-state index in [0.29, 0.717) is 12.8 Å². The Bertz CT molecular complexity index is 526. The number of amides is 1. The zero-order valence-corrected chi connectivity index (χ0v) is 13.0. The molecule has 5 heteroatoms. The van der Waals surface area contributed by atoms with Crippen molar-refractivity contribution in [3.05, 3.63) is 29.8 Å². The van der Waals surface area contributed by atoms with E-state index >= 15 is 0 Å². The van der Waals surface area contributed by atoms with Crippen LogP contribution in [0.1, 0.15) is 44.2 Å². The predicted molar refractivity (Wildman–Crippen MR) is 82.6 cm³/mol. The maximum Gasteiger partial charge on any atom is 0.307 e. The highest BCUT2D eigenvalue weighted by Crippen LogP contribution is 2.31. The molecule has 2 rings (SSSR count). The lowest BCUT2D eigenvalue weighted by molar-refractivity contribution is -0.149. The van der Waals surface area contributed by atoms with Gasteiger partial charge in [0.05, 0.1) is 25.0 Å². The Morgan fingerprint density at radius 1 is 1.18 bits per heavy atom. The number of hydrogen-bond donors (Lipinski definition) is 2. The van der Waals surface area contributed by atoms with Gasteiger partial charge in [-0.3, -0.25) is 9.59 Å². The number of rotatable bonds is 5. The van der Waals surface area contributed by atoms with E-state index in [1.807, 2.05) is 31.2 Å². The number of hydrogen-bond acceptors (Lipinski definition) is 3. The number of carboxylic acid groups (broad SMARTS) is 1. The summed E-state index contributed by atoms with van der Waals surface area (Å²) in [5.74, 6) is -1.24. The van der Waals surface area contributed by atoms with E-state index < -0.39 is 17.8 Å². The number of methoxy groups -OCH3 is 1. The van der Waals surface area contributed by atoms with Crippen LogP contribution in [0.15, 0.2) is 24.3 Å². The molecule has 0 saturated heterocycles. The van der Waals surface area contributed by atoms with Crippen LogP contribution in [0.3, 0.4) is 0 Å². The van der Waals surface area contributed by atoms with Gasteiger partial charge in [0.2, 0.25) is 5.91 Å². The Morgan fingerprint density at radius 3 is 2.32 bits per heavy atom. The van der Waals surface area contributed by atoms with E-state index in [1.165, 1.54) is 0 Å². The van der Waals surface area contributed by atoms with Crippen molar-refractivity contribution in [1.29, 1.82) is 0 Å². The van der Waals surface area contributed by atoms with Gasteiger partial charge in [0.15, 0.2) is 0 Å². The Labute approximate surface area is 130 Å². The molecule has 1 aromatic carbocycles. The highest BCUT2D eigenvalue weighted by atomic mass is 16.5. The average Bonchev–Trinajstić information content (AvgIpc) is 2.54. The molecule has 0 aromatic heterocycles. The normalized spacial score (nSPS) is 22.6. The fraction of sp³-hybridized carbons (Fsp3) is 0.529. The Hall–Kier alpha value is -2.04. The van der Waals surface area contributed by atoms with Gasteiger partial charge in [0, 0.05) is 0 Å². The van der Waals surface area contributed by atoms with E-state index in [-0.39, 0.29) is 11.9 Å². The molecule has 1 aromatic rings. The number of carbonyl (C=O) groups excluding carboxylic acids is 1. The van der Waals surface area contributed by atoms with Gasteiger partial charge < -0.3 is 15.2 Å². The molecule has 0 spiro atoms. The van der Waals surface area contributed by atoms with Crippen LogP contribution in [0, 0.1) is 11.8 Å². The van der Waals surface area contributed by atoms with Crippen molar-refractivity contribution in [3.63, 3.8) is 0 Å². The summed E-state index contributed by atoms with van der Waals surface area (Å²) >= 11 is 0. The van der Waals surface area contributed by atoms with E-state index in [0.717, 1.165) is 24.2 Å². The van der Waals surface area contributed by atoms with Gasteiger partial charge in [0.25, 0.3) is 0 Å². The molecule has 0 radical (unpaired) electrons. The third kappa shape index (κ3) is 3.78. The minimum atomic E-state index is -0.864. The van der Waals surface area contributed by atoms with Gasteiger partial charge in [-0.25, -0.2) is 0 Å². The monoisotopic (exact) mass is 305 g/mol. The molecular formula is C17H23NO4. The van der Waals surface area contributed by atoms with E-state index in [1.54, 1.807) is 7.11 Å². The van der Waals surface area contributed by atoms with Gasteiger partial charge >= 0.3 is 5.97 Å². The van der Waals surface area contributed by atoms with Crippen molar-refractivity contribution < 1.29 is 19.4 Å². The highest BCUT2D eigenvalue weighted by molar-refractivity contribution is 5.85. The summed E-state index contributed by atoms with van der Waals surface area (Å²) in [6, 6.07) is 7.34. The molecule has 1 amide bonds. The van der Waals surface area contributed by atoms with E-state index in [9.17, 15) is 14.7 Å². The number of benzene rings is 1. The topological polar surface area (TPSA) is 75.6 Å². The molecule has 0 unspecified atom stereocenters. The molecule has 1 aliphatic rings. The Balaban J connectivity index is 2.01. The maximum absolute atomic E-state index is 12.4. The molecule has 0 heterocycles. The van der Waals surface area contributed by atoms with Gasteiger partial charge in [0.1, 0.15) is 5.75 Å². The Kier molecular flexibility index (Phi) is 5.41. The fourth-order valence-corrected chi connectivity index (χ4v) is 3.04. The van der Waals surface area contributed by atoms with Crippen molar-refractivity contribution in [2.75, 3.05) is 7.11 Å². The SMILES string of the molecule is COc1ccc([C@@H](C)NC(=O)[C@@H]2CCCC[C@@H]2C(=O)O)cc1. The summed E-state index contributed by atoms with van der Waals surface area (Å²) in [6.07, 6.45) is 3.04. The molecule has 1 aliphatic carbocycles. The number of nitrogens with one attached hydrogen (secondary N) is 1. The lowest BCUT2D eigenvalue weighted by Gasteiger charge is -2.28. The number of carbonyl (C=O) groups is 2. The number of aliphatic carboxylic acids is 1. The Morgan fingerprint density at radius 2 is 1.77 bits per heavy atom. The lowest BCUT2D eigenvalue weighted by atomic mass is 9.78. The zero-order chi connectivity index (χ0) is 16.1. The second-order valence-electron chi connectivity index (χ2n) is 5.84. The molecule has 0 bridgehead atoms. The quantitative estimate of drug-likeness (QED) is 0.877. The summed E-state index contributed by atoms with van der Waals surface area (Å²) in [6.45, 7) is 1.90. The fourth-order valence-electron chi connectivity index (χ4n) is 3.04. The van der Waals surface area contributed by atoms with Crippen molar-refractivity contribution in [2.24, 2.45) is 11.8 Å². The standard InChI is InChI=1S/C17H23NO4/c1-11(12-7-9-13(22-2)10-8-12)18-16(19)14-5-3-4-6-15(14)17(20)21/h7-11,14-15H,3-6H2,1-2H3,(H,18,19)(H,20,21)/t11-,14-,15+/m1/s1. The molecular weight excluding hydrogens is 282 g/mol. The molecule has 120 valence electrons. The van der Waals surface area contributed by atoms with Gasteiger partial charge in [-0.05, 0) is 37.5 Å². The van der Waals surface area contributed by atoms with Crippen LogP contribution < -0.4 is 10.1 Å². The third-order valence-corrected chi connectivity index (χ3v) is 4.39. The van der Waals surface area contributed by atoms with Gasteiger partial charge in [-0.15, -0.1) is 0 Å². The second kappa shape index (κ2) is 7.29. The largest absolute Gasteiger partial charge is 0.497 e. The van der Waals surface area contributed by atoms with Crippen molar-refractivity contribution in [3.8, 4) is 5.75 Å². The van der Waals surface area contributed by atoms with Crippen LogP contribution in [0.4, 0.5) is 0 Å². The van der Waals surface area contributed by atoms with Gasteiger partial charge in [-0.1, -0.05) is 25.0 Å². The minimum absolute atomic E-state index is 0.157.